The lowest BCUT2D eigenvalue weighted by Gasteiger charge is -2.32. The minimum Gasteiger partial charge on any atom is -0.325 e. The highest BCUT2D eigenvalue weighted by atomic mass is 16.1. The van der Waals surface area contributed by atoms with Crippen molar-refractivity contribution in [3.8, 4) is 0 Å². The lowest BCUT2D eigenvalue weighted by molar-refractivity contribution is -0.121. The quantitative estimate of drug-likeness (QED) is 0.785. The van der Waals surface area contributed by atoms with E-state index in [1.54, 1.807) is 0 Å². The average Bonchev–Trinajstić information content (AvgIpc) is 2.70. The second-order valence-corrected chi connectivity index (χ2v) is 7.65. The van der Waals surface area contributed by atoms with E-state index >= 15 is 0 Å². The van der Waals surface area contributed by atoms with Crippen molar-refractivity contribution in [2.75, 3.05) is 18.4 Å². The minimum absolute atomic E-state index is 0.0670. The van der Waals surface area contributed by atoms with Crippen LogP contribution in [0.3, 0.4) is 0 Å². The first-order valence-corrected chi connectivity index (χ1v) is 10.3. The molecule has 144 valence electrons. The lowest BCUT2D eigenvalue weighted by atomic mass is 9.95. The number of benzene rings is 2. The maximum Gasteiger partial charge on any atom is 0.228 e. The van der Waals surface area contributed by atoms with E-state index in [9.17, 15) is 4.79 Å². The topological polar surface area (TPSA) is 32.3 Å². The third kappa shape index (κ3) is 4.78. The van der Waals surface area contributed by atoms with Gasteiger partial charge in [-0.1, -0.05) is 56.3 Å². The van der Waals surface area contributed by atoms with Crippen LogP contribution in [0.5, 0.6) is 0 Å². The number of carbonyl (C=O) groups excluding carboxylic acids is 1. The number of nitrogens with zero attached hydrogens (tertiary/aromatic N) is 1. The predicted molar refractivity (Wildman–Crippen MR) is 113 cm³/mol. The lowest BCUT2D eigenvalue weighted by Crippen LogP contribution is -2.40. The highest BCUT2D eigenvalue weighted by Gasteiger charge is 2.26. The summed E-state index contributed by atoms with van der Waals surface area (Å²) in [5.74, 6) is 0.248. The molecule has 0 bridgehead atoms. The van der Waals surface area contributed by atoms with E-state index in [-0.39, 0.29) is 11.8 Å². The SMILES string of the molecule is CCc1cccc(CC)c1NC(=O)C1CCCN(Cc2ccccc2C)C1. The molecule has 0 radical (unpaired) electrons. The number of amides is 1. The maximum absolute atomic E-state index is 13.0. The third-order valence-corrected chi connectivity index (χ3v) is 5.78. The largest absolute Gasteiger partial charge is 0.325 e. The number of rotatable bonds is 6. The number of likely N-dealkylation sites (tertiary alicyclic amines) is 1. The van der Waals surface area contributed by atoms with E-state index in [1.807, 2.05) is 0 Å². The van der Waals surface area contributed by atoms with E-state index in [2.05, 4.69) is 73.5 Å². The van der Waals surface area contributed by atoms with Crippen LogP contribution in [0.4, 0.5) is 5.69 Å². The van der Waals surface area contributed by atoms with Crippen LogP contribution < -0.4 is 5.32 Å². The fourth-order valence-corrected chi connectivity index (χ4v) is 4.07. The first-order valence-electron chi connectivity index (χ1n) is 10.3. The Bertz CT molecular complexity index is 761. The molecule has 1 aliphatic rings. The Hall–Kier alpha value is -2.13. The van der Waals surface area contributed by atoms with Gasteiger partial charge in [0.2, 0.25) is 5.91 Å². The van der Waals surface area contributed by atoms with Crippen LogP contribution in [-0.4, -0.2) is 23.9 Å². The fraction of sp³-hybridized carbons (Fsp3) is 0.458. The highest BCUT2D eigenvalue weighted by molar-refractivity contribution is 5.94. The van der Waals surface area contributed by atoms with E-state index in [0.29, 0.717) is 0 Å². The number of piperidine rings is 1. The summed E-state index contributed by atoms with van der Waals surface area (Å²) in [6.07, 6.45) is 3.94. The number of hydrogen-bond donors (Lipinski definition) is 1. The van der Waals surface area contributed by atoms with Crippen molar-refractivity contribution in [2.45, 2.75) is 53.0 Å². The Labute approximate surface area is 163 Å². The molecule has 1 unspecified atom stereocenters. The van der Waals surface area contributed by atoms with Gasteiger partial charge in [0.05, 0.1) is 5.92 Å². The second-order valence-electron chi connectivity index (χ2n) is 7.65. The molecule has 3 nitrogen and oxygen atoms in total. The summed E-state index contributed by atoms with van der Waals surface area (Å²) >= 11 is 0. The van der Waals surface area contributed by atoms with Gasteiger partial charge >= 0.3 is 0 Å². The zero-order chi connectivity index (χ0) is 19.2. The number of hydrogen-bond acceptors (Lipinski definition) is 2. The van der Waals surface area contributed by atoms with Crippen LogP contribution in [0.15, 0.2) is 42.5 Å². The van der Waals surface area contributed by atoms with Gasteiger partial charge in [0.15, 0.2) is 0 Å². The Balaban J connectivity index is 1.68. The Morgan fingerprint density at radius 1 is 1.04 bits per heavy atom. The minimum atomic E-state index is 0.0670. The van der Waals surface area contributed by atoms with E-state index < -0.39 is 0 Å². The van der Waals surface area contributed by atoms with E-state index in [4.69, 9.17) is 0 Å². The van der Waals surface area contributed by atoms with Crippen LogP contribution in [0.25, 0.3) is 0 Å². The molecule has 3 rings (SSSR count). The fourth-order valence-electron chi connectivity index (χ4n) is 4.07. The molecule has 0 aromatic heterocycles. The van der Waals surface area contributed by atoms with Gasteiger partial charge in [-0.3, -0.25) is 9.69 Å². The zero-order valence-electron chi connectivity index (χ0n) is 16.9. The van der Waals surface area contributed by atoms with E-state index in [1.165, 1.54) is 22.3 Å². The standard InChI is InChI=1S/C24H32N2O/c1-4-19-12-8-13-20(5-2)23(19)25-24(27)22-14-9-15-26(17-22)16-21-11-7-6-10-18(21)3/h6-8,10-13,22H,4-5,9,14-17H2,1-3H3,(H,25,27). The molecule has 2 aromatic carbocycles. The van der Waals surface area contributed by atoms with Crippen LogP contribution in [0.1, 0.15) is 48.9 Å². The maximum atomic E-state index is 13.0. The van der Waals surface area contributed by atoms with Crippen molar-refractivity contribution in [3.63, 3.8) is 0 Å². The molecule has 27 heavy (non-hydrogen) atoms. The number of carbonyl (C=O) groups is 1. The van der Waals surface area contributed by atoms with Crippen LogP contribution in [0.2, 0.25) is 0 Å². The molecule has 1 fully saturated rings. The molecule has 1 amide bonds. The molecule has 1 saturated heterocycles. The first kappa shape index (κ1) is 19.6. The van der Waals surface area contributed by atoms with Crippen LogP contribution in [-0.2, 0) is 24.2 Å². The van der Waals surface area contributed by atoms with Gasteiger partial charge in [-0.05, 0) is 61.4 Å². The number of aryl methyl sites for hydroxylation is 3. The number of anilines is 1. The van der Waals surface area contributed by atoms with Gasteiger partial charge in [-0.15, -0.1) is 0 Å². The summed E-state index contributed by atoms with van der Waals surface area (Å²) in [6.45, 7) is 9.31. The number of para-hydroxylation sites is 1. The Morgan fingerprint density at radius 3 is 2.37 bits per heavy atom. The molecule has 1 N–H and O–H groups in total. The molecule has 0 aliphatic carbocycles. The van der Waals surface area contributed by atoms with Crippen LogP contribution in [0, 0.1) is 12.8 Å². The molecular weight excluding hydrogens is 332 g/mol. The molecule has 3 heteroatoms. The third-order valence-electron chi connectivity index (χ3n) is 5.78. The van der Waals surface area contributed by atoms with Crippen molar-refractivity contribution >= 4 is 11.6 Å². The van der Waals surface area contributed by atoms with Crippen LogP contribution >= 0.6 is 0 Å². The zero-order valence-corrected chi connectivity index (χ0v) is 16.9. The second kappa shape index (κ2) is 9.18. The monoisotopic (exact) mass is 364 g/mol. The summed E-state index contributed by atoms with van der Waals surface area (Å²) in [7, 11) is 0. The molecule has 2 aromatic rings. The van der Waals surface area contributed by atoms with Gasteiger partial charge in [-0.25, -0.2) is 0 Å². The summed E-state index contributed by atoms with van der Waals surface area (Å²) in [5, 5.41) is 3.28. The van der Waals surface area contributed by atoms with Crippen molar-refractivity contribution in [3.05, 3.63) is 64.7 Å². The predicted octanol–water partition coefficient (Wildman–Crippen LogP) is 4.97. The van der Waals surface area contributed by atoms with Gasteiger partial charge in [0.25, 0.3) is 0 Å². The first-order chi connectivity index (χ1) is 13.1. The summed E-state index contributed by atoms with van der Waals surface area (Å²) < 4.78 is 0. The average molecular weight is 365 g/mol. The van der Waals surface area contributed by atoms with Crippen molar-refractivity contribution in [2.24, 2.45) is 5.92 Å². The molecule has 1 aliphatic heterocycles. The summed E-state index contributed by atoms with van der Waals surface area (Å²) in [4.78, 5) is 15.5. The Morgan fingerprint density at radius 2 is 1.70 bits per heavy atom. The highest BCUT2D eigenvalue weighted by Crippen LogP contribution is 2.26. The smallest absolute Gasteiger partial charge is 0.228 e. The van der Waals surface area contributed by atoms with Crippen molar-refractivity contribution in [1.29, 1.82) is 0 Å². The Kier molecular flexibility index (Phi) is 6.68. The molecule has 0 saturated carbocycles. The van der Waals surface area contributed by atoms with Gasteiger partial charge < -0.3 is 5.32 Å². The van der Waals surface area contributed by atoms with Crippen molar-refractivity contribution in [1.82, 2.24) is 4.90 Å². The van der Waals surface area contributed by atoms with Gasteiger partial charge in [-0.2, -0.15) is 0 Å². The molecule has 0 spiro atoms. The van der Waals surface area contributed by atoms with E-state index in [0.717, 1.165) is 51.0 Å². The molecule has 1 heterocycles. The molecular formula is C24H32N2O. The summed E-state index contributed by atoms with van der Waals surface area (Å²) in [6, 6.07) is 14.9. The molecule has 1 atom stereocenters. The summed E-state index contributed by atoms with van der Waals surface area (Å²) in [5.41, 5.74) is 6.20. The van der Waals surface area contributed by atoms with Gasteiger partial charge in [0.1, 0.15) is 0 Å². The van der Waals surface area contributed by atoms with Gasteiger partial charge in [0, 0.05) is 18.8 Å². The number of nitrogens with one attached hydrogen (secondary N) is 1. The van der Waals surface area contributed by atoms with Crippen molar-refractivity contribution < 1.29 is 4.79 Å². The normalized spacial score (nSPS) is 17.7.